The van der Waals surface area contributed by atoms with E-state index in [4.69, 9.17) is 0 Å². The Balaban J connectivity index is 2.62. The van der Waals surface area contributed by atoms with Crippen LogP contribution in [0.25, 0.3) is 0 Å². The quantitative estimate of drug-likeness (QED) is 0.687. The molecule has 112 valence electrons. The fourth-order valence-corrected chi connectivity index (χ4v) is 1.94. The predicted molar refractivity (Wildman–Crippen MR) is 65.3 cm³/mol. The van der Waals surface area contributed by atoms with E-state index in [-0.39, 0.29) is 5.56 Å². The summed E-state index contributed by atoms with van der Waals surface area (Å²) in [5.74, 6) is -12.7. The van der Waals surface area contributed by atoms with Crippen LogP contribution in [-0.4, -0.2) is 0 Å². The highest BCUT2D eigenvalue weighted by Gasteiger charge is 2.60. The summed E-state index contributed by atoms with van der Waals surface area (Å²) in [5, 5.41) is 0. The van der Waals surface area contributed by atoms with Gasteiger partial charge in [-0.25, -0.2) is 8.78 Å². The van der Waals surface area contributed by atoms with Gasteiger partial charge < -0.3 is 0 Å². The molecular weight excluding hydrogens is 294 g/mol. The van der Waals surface area contributed by atoms with Crippen molar-refractivity contribution in [3.8, 4) is 0 Å². The number of aryl methyl sites for hydroxylation is 1. The van der Waals surface area contributed by atoms with E-state index in [0.29, 0.717) is 18.2 Å². The molecule has 0 N–H and O–H groups in total. The minimum absolute atomic E-state index is 0.198. The van der Waals surface area contributed by atoms with E-state index in [9.17, 15) is 26.3 Å². The van der Waals surface area contributed by atoms with Gasteiger partial charge in [0.2, 0.25) is 0 Å². The summed E-state index contributed by atoms with van der Waals surface area (Å²) in [5.41, 5.74) is -3.14. The van der Waals surface area contributed by atoms with Gasteiger partial charge in [0.1, 0.15) is 11.6 Å². The van der Waals surface area contributed by atoms with Crippen molar-refractivity contribution in [1.82, 2.24) is 0 Å². The molecule has 2 aromatic carbocycles. The van der Waals surface area contributed by atoms with Gasteiger partial charge in [-0.3, -0.25) is 0 Å². The van der Waals surface area contributed by atoms with Gasteiger partial charge in [0.05, 0.1) is 11.1 Å². The Labute approximate surface area is 117 Å². The zero-order chi connectivity index (χ0) is 15.8. The van der Waals surface area contributed by atoms with Crippen molar-refractivity contribution < 1.29 is 26.3 Å². The van der Waals surface area contributed by atoms with Crippen molar-refractivity contribution in [3.05, 3.63) is 70.8 Å². The highest BCUT2D eigenvalue weighted by Crippen LogP contribution is 2.50. The van der Waals surface area contributed by atoms with Crippen LogP contribution in [0.5, 0.6) is 0 Å². The Morgan fingerprint density at radius 1 is 0.714 bits per heavy atom. The Kier molecular flexibility index (Phi) is 3.74. The molecule has 0 fully saturated rings. The summed E-state index contributed by atoms with van der Waals surface area (Å²) in [6, 6.07) is 6.09. The topological polar surface area (TPSA) is 0 Å². The average molecular weight is 304 g/mol. The number of halogens is 6. The third-order valence-electron chi connectivity index (χ3n) is 3.14. The first-order valence-corrected chi connectivity index (χ1v) is 5.96. The van der Waals surface area contributed by atoms with E-state index < -0.39 is 34.6 Å². The third kappa shape index (κ3) is 2.39. The fourth-order valence-electron chi connectivity index (χ4n) is 1.94. The molecule has 0 unspecified atom stereocenters. The molecule has 0 aliphatic rings. The molecule has 2 rings (SSSR count). The Morgan fingerprint density at radius 3 is 1.86 bits per heavy atom. The van der Waals surface area contributed by atoms with Crippen molar-refractivity contribution in [3.63, 3.8) is 0 Å². The van der Waals surface area contributed by atoms with Gasteiger partial charge in [0.15, 0.2) is 0 Å². The van der Waals surface area contributed by atoms with Crippen LogP contribution < -0.4 is 0 Å². The van der Waals surface area contributed by atoms with Crippen molar-refractivity contribution in [2.24, 2.45) is 0 Å². The number of hydrogen-bond donors (Lipinski definition) is 0. The lowest BCUT2D eigenvalue weighted by atomic mass is 9.94. The Morgan fingerprint density at radius 2 is 1.24 bits per heavy atom. The first kappa shape index (κ1) is 15.4. The standard InChI is InChI=1S/C15H10F6/c1-9-5-4-7-11(13(9)17)15(20,21)14(18,19)10-6-2-3-8-12(10)16/h2-8H,1H3. The molecule has 0 bridgehead atoms. The molecule has 0 aromatic heterocycles. The minimum Gasteiger partial charge on any atom is -0.206 e. The van der Waals surface area contributed by atoms with Crippen molar-refractivity contribution in [2.75, 3.05) is 0 Å². The van der Waals surface area contributed by atoms with Gasteiger partial charge in [0, 0.05) is 0 Å². The summed E-state index contributed by atoms with van der Waals surface area (Å²) in [6.07, 6.45) is 0. The lowest BCUT2D eigenvalue weighted by Crippen LogP contribution is -2.37. The van der Waals surface area contributed by atoms with Crippen LogP contribution in [-0.2, 0) is 11.8 Å². The summed E-state index contributed by atoms with van der Waals surface area (Å²) in [7, 11) is 0. The summed E-state index contributed by atoms with van der Waals surface area (Å²) < 4.78 is 83.4. The second-order valence-electron chi connectivity index (χ2n) is 4.57. The van der Waals surface area contributed by atoms with Gasteiger partial charge in [-0.05, 0) is 30.7 Å². The van der Waals surface area contributed by atoms with Gasteiger partial charge in [-0.2, -0.15) is 17.6 Å². The van der Waals surface area contributed by atoms with Gasteiger partial charge >= 0.3 is 11.8 Å². The molecule has 0 radical (unpaired) electrons. The molecule has 0 spiro atoms. The van der Waals surface area contributed by atoms with E-state index in [1.807, 2.05) is 0 Å². The molecule has 0 amide bonds. The van der Waals surface area contributed by atoms with Crippen LogP contribution in [0.3, 0.4) is 0 Å². The fraction of sp³-hybridized carbons (Fsp3) is 0.200. The van der Waals surface area contributed by atoms with E-state index in [1.54, 1.807) is 0 Å². The molecule has 21 heavy (non-hydrogen) atoms. The summed E-state index contributed by atoms with van der Waals surface area (Å²) in [6.45, 7) is 1.18. The van der Waals surface area contributed by atoms with Crippen LogP contribution in [0.2, 0.25) is 0 Å². The van der Waals surface area contributed by atoms with Gasteiger partial charge in [-0.1, -0.05) is 24.3 Å². The predicted octanol–water partition coefficient (Wildman–Crippen LogP) is 5.16. The van der Waals surface area contributed by atoms with Gasteiger partial charge in [-0.15, -0.1) is 0 Å². The average Bonchev–Trinajstić information content (AvgIpc) is 2.41. The normalized spacial score (nSPS) is 12.5. The third-order valence-corrected chi connectivity index (χ3v) is 3.14. The lowest BCUT2D eigenvalue weighted by molar-refractivity contribution is -0.226. The highest BCUT2D eigenvalue weighted by atomic mass is 19.3. The SMILES string of the molecule is Cc1cccc(C(F)(F)C(F)(F)c2ccccc2F)c1F. The second-order valence-corrected chi connectivity index (χ2v) is 4.57. The molecular formula is C15H10F6. The van der Waals surface area contributed by atoms with Crippen LogP contribution in [0.4, 0.5) is 26.3 Å². The molecule has 0 nitrogen and oxygen atoms in total. The largest absolute Gasteiger partial charge is 0.342 e. The molecule has 2 aromatic rings. The number of hydrogen-bond acceptors (Lipinski definition) is 0. The lowest BCUT2D eigenvalue weighted by Gasteiger charge is -2.28. The van der Waals surface area contributed by atoms with E-state index >= 15 is 0 Å². The van der Waals surface area contributed by atoms with Crippen molar-refractivity contribution >= 4 is 0 Å². The zero-order valence-corrected chi connectivity index (χ0v) is 10.8. The van der Waals surface area contributed by atoms with Crippen LogP contribution in [0, 0.1) is 18.6 Å². The van der Waals surface area contributed by atoms with Crippen LogP contribution in [0.1, 0.15) is 16.7 Å². The molecule has 0 atom stereocenters. The maximum absolute atomic E-state index is 14.1. The number of alkyl halides is 4. The van der Waals surface area contributed by atoms with E-state index in [1.165, 1.54) is 13.0 Å². The second kappa shape index (κ2) is 5.09. The Bertz CT molecular complexity index is 663. The summed E-state index contributed by atoms with van der Waals surface area (Å²) in [4.78, 5) is 0. The monoisotopic (exact) mass is 304 g/mol. The smallest absolute Gasteiger partial charge is 0.206 e. The molecule has 0 aliphatic heterocycles. The zero-order valence-electron chi connectivity index (χ0n) is 10.8. The number of benzene rings is 2. The molecule has 0 saturated carbocycles. The maximum atomic E-state index is 14.1. The van der Waals surface area contributed by atoms with Crippen LogP contribution >= 0.6 is 0 Å². The van der Waals surface area contributed by atoms with Crippen molar-refractivity contribution in [1.29, 1.82) is 0 Å². The summed E-state index contributed by atoms with van der Waals surface area (Å²) >= 11 is 0. The molecule has 0 aliphatic carbocycles. The van der Waals surface area contributed by atoms with E-state index in [0.717, 1.165) is 18.2 Å². The molecule has 6 heteroatoms. The molecule has 0 heterocycles. The first-order chi connectivity index (χ1) is 9.69. The Hall–Kier alpha value is -1.98. The number of rotatable bonds is 3. The minimum atomic E-state index is -4.88. The highest BCUT2D eigenvalue weighted by molar-refractivity contribution is 5.34. The molecule has 0 saturated heterocycles. The van der Waals surface area contributed by atoms with Crippen LogP contribution in [0.15, 0.2) is 42.5 Å². The van der Waals surface area contributed by atoms with Gasteiger partial charge in [0.25, 0.3) is 0 Å². The van der Waals surface area contributed by atoms with E-state index in [2.05, 4.69) is 0 Å². The first-order valence-electron chi connectivity index (χ1n) is 5.96. The maximum Gasteiger partial charge on any atom is 0.342 e. The van der Waals surface area contributed by atoms with Crippen molar-refractivity contribution in [2.45, 2.75) is 18.8 Å².